The Balaban J connectivity index is 2.33. The quantitative estimate of drug-likeness (QED) is 0.546. The molecule has 0 saturated heterocycles. The van der Waals surface area contributed by atoms with Crippen molar-refractivity contribution in [2.75, 3.05) is 14.2 Å². The summed E-state index contributed by atoms with van der Waals surface area (Å²) >= 11 is 0. The number of H-pyrrole nitrogens is 1. The van der Waals surface area contributed by atoms with E-state index in [0.717, 1.165) is 24.1 Å². The average Bonchev–Trinajstić information content (AvgIpc) is 2.71. The van der Waals surface area contributed by atoms with Crippen LogP contribution in [-0.2, 0) is 9.53 Å². The fourth-order valence-corrected chi connectivity index (χ4v) is 3.47. The topological polar surface area (TPSA) is 132 Å². The van der Waals surface area contributed by atoms with Gasteiger partial charge in [0.1, 0.15) is 17.1 Å². The summed E-state index contributed by atoms with van der Waals surface area (Å²) in [5.74, 6) is -2.32. The van der Waals surface area contributed by atoms with Crippen LogP contribution < -0.4 is 16.0 Å². The molecule has 150 valence electrons. The lowest BCUT2D eigenvalue weighted by Crippen LogP contribution is -2.24. The minimum atomic E-state index is -0.892. The van der Waals surface area contributed by atoms with Gasteiger partial charge in [-0.2, -0.15) is 0 Å². The normalized spacial score (nSPS) is 11.8. The van der Waals surface area contributed by atoms with E-state index in [4.69, 9.17) is 10.5 Å². The Bertz CT molecular complexity index is 1150. The van der Waals surface area contributed by atoms with Gasteiger partial charge in [0.25, 0.3) is 5.56 Å². The summed E-state index contributed by atoms with van der Waals surface area (Å²) in [6, 6.07) is 10.7. The highest BCUT2D eigenvalue weighted by Crippen LogP contribution is 2.39. The predicted molar refractivity (Wildman–Crippen MR) is 106 cm³/mol. The second-order valence-corrected chi connectivity index (χ2v) is 6.41. The second-order valence-electron chi connectivity index (χ2n) is 6.41. The molecule has 0 aliphatic heterocycles. The van der Waals surface area contributed by atoms with Crippen LogP contribution in [0, 0.1) is 0 Å². The zero-order chi connectivity index (χ0) is 21.1. The Morgan fingerprint density at radius 3 is 2.45 bits per heavy atom. The van der Waals surface area contributed by atoms with Crippen molar-refractivity contribution in [1.29, 1.82) is 0 Å². The third kappa shape index (κ3) is 3.64. The van der Waals surface area contributed by atoms with E-state index in [0.29, 0.717) is 11.3 Å². The van der Waals surface area contributed by atoms with E-state index in [-0.39, 0.29) is 17.5 Å². The lowest BCUT2D eigenvalue weighted by molar-refractivity contribution is -0.118. The summed E-state index contributed by atoms with van der Waals surface area (Å²) in [6.07, 6.45) is 0.818. The molecule has 0 bridgehead atoms. The number of benzene rings is 2. The number of nitrogens with one attached hydrogen (secondary N) is 1. The number of rotatable bonds is 6. The highest BCUT2D eigenvalue weighted by molar-refractivity contribution is 5.94. The van der Waals surface area contributed by atoms with Crippen molar-refractivity contribution in [1.82, 2.24) is 4.98 Å². The van der Waals surface area contributed by atoms with Crippen molar-refractivity contribution in [2.24, 2.45) is 5.73 Å². The van der Waals surface area contributed by atoms with Crippen LogP contribution in [0.4, 0.5) is 0 Å². The molecule has 0 saturated carbocycles. The van der Waals surface area contributed by atoms with Gasteiger partial charge in [0.2, 0.25) is 5.91 Å². The third-order valence-corrected chi connectivity index (χ3v) is 4.77. The van der Waals surface area contributed by atoms with Gasteiger partial charge in [0.15, 0.2) is 0 Å². The molecule has 1 atom stereocenters. The number of carbonyl (C=O) groups is 2. The number of fused-ring (bicyclic) bond motifs is 1. The zero-order valence-electron chi connectivity index (χ0n) is 15.9. The maximum absolute atomic E-state index is 12.6. The lowest BCUT2D eigenvalue weighted by atomic mass is 9.84. The van der Waals surface area contributed by atoms with Gasteiger partial charge in [0.05, 0.1) is 19.8 Å². The minimum absolute atomic E-state index is 0.137. The Morgan fingerprint density at radius 2 is 1.83 bits per heavy atom. The number of primary amides is 1. The van der Waals surface area contributed by atoms with Crippen molar-refractivity contribution in [2.45, 2.75) is 12.3 Å². The SMILES string of the molecule is COC(=O)c1c[nH]c(=O)c([C@H](CC(N)=O)c2ccc(OC)c3ccccc23)c1O. The van der Waals surface area contributed by atoms with Crippen LogP contribution in [0.3, 0.4) is 0 Å². The minimum Gasteiger partial charge on any atom is -0.506 e. The van der Waals surface area contributed by atoms with Crippen LogP contribution in [0.5, 0.6) is 11.5 Å². The number of aromatic hydroxyl groups is 1. The van der Waals surface area contributed by atoms with Gasteiger partial charge in [-0.1, -0.05) is 30.3 Å². The van der Waals surface area contributed by atoms with Gasteiger partial charge >= 0.3 is 5.97 Å². The molecule has 0 spiro atoms. The number of esters is 1. The highest BCUT2D eigenvalue weighted by Gasteiger charge is 2.28. The Labute approximate surface area is 165 Å². The van der Waals surface area contributed by atoms with E-state index >= 15 is 0 Å². The standard InChI is InChI=1S/C21H20N2O6/c1-28-16-8-7-12(11-5-3-4-6-13(11)16)14(9-17(22)24)18-19(25)15(21(27)29-2)10-23-20(18)26/h3-8,10,14H,9H2,1-2H3,(H2,22,24)(H2,23,25,26)/t14-/m1/s1. The fourth-order valence-electron chi connectivity index (χ4n) is 3.47. The summed E-state index contributed by atoms with van der Waals surface area (Å²) in [5, 5.41) is 12.2. The van der Waals surface area contributed by atoms with Crippen molar-refractivity contribution in [3.63, 3.8) is 0 Å². The maximum atomic E-state index is 12.6. The van der Waals surface area contributed by atoms with Crippen LogP contribution in [-0.4, -0.2) is 36.2 Å². The third-order valence-electron chi connectivity index (χ3n) is 4.77. The summed E-state index contributed by atoms with van der Waals surface area (Å²) in [7, 11) is 2.70. The second kappa shape index (κ2) is 8.05. The molecule has 1 amide bonds. The van der Waals surface area contributed by atoms with Crippen LogP contribution in [0.15, 0.2) is 47.4 Å². The summed E-state index contributed by atoms with van der Waals surface area (Å²) in [6.45, 7) is 0. The van der Waals surface area contributed by atoms with E-state index in [9.17, 15) is 19.5 Å². The first-order valence-corrected chi connectivity index (χ1v) is 8.75. The van der Waals surface area contributed by atoms with E-state index < -0.39 is 29.1 Å². The molecule has 1 heterocycles. The molecule has 0 radical (unpaired) electrons. The maximum Gasteiger partial charge on any atom is 0.343 e. The van der Waals surface area contributed by atoms with Crippen LogP contribution in [0.1, 0.15) is 33.8 Å². The molecule has 4 N–H and O–H groups in total. The van der Waals surface area contributed by atoms with Gasteiger partial charge in [0, 0.05) is 23.9 Å². The van der Waals surface area contributed by atoms with Gasteiger partial charge in [-0.15, -0.1) is 0 Å². The molecule has 3 aromatic rings. The van der Waals surface area contributed by atoms with Crippen molar-refractivity contribution in [3.05, 3.63) is 69.6 Å². The number of pyridine rings is 1. The molecule has 8 nitrogen and oxygen atoms in total. The summed E-state index contributed by atoms with van der Waals surface area (Å²) in [5.41, 5.74) is 5.04. The number of hydrogen-bond acceptors (Lipinski definition) is 6. The molecule has 3 rings (SSSR count). The lowest BCUT2D eigenvalue weighted by Gasteiger charge is -2.20. The Kier molecular flexibility index (Phi) is 5.54. The van der Waals surface area contributed by atoms with Crippen LogP contribution in [0.2, 0.25) is 0 Å². The fraction of sp³-hybridized carbons (Fsp3) is 0.190. The number of methoxy groups -OCH3 is 2. The van der Waals surface area contributed by atoms with Crippen LogP contribution in [0.25, 0.3) is 10.8 Å². The average molecular weight is 396 g/mol. The van der Waals surface area contributed by atoms with E-state index in [2.05, 4.69) is 9.72 Å². The molecule has 0 unspecified atom stereocenters. The van der Waals surface area contributed by atoms with Gasteiger partial charge < -0.3 is 25.3 Å². The monoisotopic (exact) mass is 396 g/mol. The molecular weight excluding hydrogens is 376 g/mol. The number of amides is 1. The summed E-state index contributed by atoms with van der Waals surface area (Å²) in [4.78, 5) is 38.8. The molecule has 2 aromatic carbocycles. The Morgan fingerprint density at radius 1 is 1.14 bits per heavy atom. The predicted octanol–water partition coefficient (Wildman–Crippen LogP) is 2.04. The first kappa shape index (κ1) is 19.9. The molecule has 1 aromatic heterocycles. The molecule has 8 heteroatoms. The molecule has 0 fully saturated rings. The van der Waals surface area contributed by atoms with E-state index in [1.54, 1.807) is 19.2 Å². The summed E-state index contributed by atoms with van der Waals surface area (Å²) < 4.78 is 10.0. The number of carbonyl (C=O) groups excluding carboxylic acids is 2. The number of nitrogens with two attached hydrogens (primary N) is 1. The number of ether oxygens (including phenoxy) is 2. The molecule has 0 aliphatic carbocycles. The van der Waals surface area contributed by atoms with Gasteiger partial charge in [-0.3, -0.25) is 9.59 Å². The van der Waals surface area contributed by atoms with Crippen molar-refractivity contribution >= 4 is 22.6 Å². The van der Waals surface area contributed by atoms with E-state index in [1.807, 2.05) is 24.3 Å². The molecule has 29 heavy (non-hydrogen) atoms. The molecular formula is C21H20N2O6. The first-order valence-electron chi connectivity index (χ1n) is 8.75. The largest absolute Gasteiger partial charge is 0.506 e. The number of aromatic nitrogens is 1. The zero-order valence-corrected chi connectivity index (χ0v) is 15.9. The van der Waals surface area contributed by atoms with Crippen LogP contribution >= 0.6 is 0 Å². The van der Waals surface area contributed by atoms with E-state index in [1.165, 1.54) is 0 Å². The molecule has 0 aliphatic rings. The smallest absolute Gasteiger partial charge is 0.343 e. The van der Waals surface area contributed by atoms with Gasteiger partial charge in [-0.05, 0) is 17.0 Å². The Hall–Kier alpha value is -3.81. The van der Waals surface area contributed by atoms with Crippen molar-refractivity contribution < 1.29 is 24.2 Å². The van der Waals surface area contributed by atoms with Gasteiger partial charge in [-0.25, -0.2) is 4.79 Å². The highest BCUT2D eigenvalue weighted by atomic mass is 16.5. The number of aromatic amines is 1. The van der Waals surface area contributed by atoms with Crippen molar-refractivity contribution in [3.8, 4) is 11.5 Å². The number of hydrogen-bond donors (Lipinski definition) is 3. The first-order chi connectivity index (χ1) is 13.9.